The smallest absolute Gasteiger partial charge is 0.251 e. The van der Waals surface area contributed by atoms with Gasteiger partial charge in [-0.25, -0.2) is 5.53 Å². The van der Waals surface area contributed by atoms with Crippen LogP contribution >= 0.6 is 0 Å². The molecule has 0 fully saturated rings. The molecule has 0 saturated carbocycles. The molecule has 8 heteroatoms. The Labute approximate surface area is 139 Å². The third kappa shape index (κ3) is 3.90. The van der Waals surface area contributed by atoms with Crippen molar-refractivity contribution in [2.45, 2.75) is 26.7 Å². The molecule has 1 aliphatic rings. The van der Waals surface area contributed by atoms with Crippen LogP contribution in [0.4, 0.5) is 0 Å². The number of rotatable bonds is 7. The SMILES string of the molecule is CCCCOc1ccc(-c2noc(/C=C(\C)C3=NNNN3)n2)cc1. The van der Waals surface area contributed by atoms with Crippen LogP contribution in [0.2, 0.25) is 0 Å². The molecule has 0 amide bonds. The van der Waals surface area contributed by atoms with E-state index in [-0.39, 0.29) is 0 Å². The monoisotopic (exact) mass is 328 g/mol. The molecule has 1 aromatic carbocycles. The zero-order chi connectivity index (χ0) is 16.8. The quantitative estimate of drug-likeness (QED) is 0.671. The molecular formula is C16H20N6O2. The van der Waals surface area contributed by atoms with Gasteiger partial charge in [-0.3, -0.25) is 5.43 Å². The van der Waals surface area contributed by atoms with E-state index in [1.54, 1.807) is 6.08 Å². The maximum Gasteiger partial charge on any atom is 0.251 e. The summed E-state index contributed by atoms with van der Waals surface area (Å²) in [5.74, 6) is 2.47. The fourth-order valence-electron chi connectivity index (χ4n) is 2.08. The number of nitrogens with one attached hydrogen (secondary N) is 3. The van der Waals surface area contributed by atoms with Gasteiger partial charge in [-0.05, 0) is 37.6 Å². The third-order valence-corrected chi connectivity index (χ3v) is 3.44. The summed E-state index contributed by atoms with van der Waals surface area (Å²) < 4.78 is 10.9. The van der Waals surface area contributed by atoms with E-state index in [9.17, 15) is 0 Å². The lowest BCUT2D eigenvalue weighted by Gasteiger charge is -2.04. The van der Waals surface area contributed by atoms with Crippen molar-refractivity contribution in [3.63, 3.8) is 0 Å². The highest BCUT2D eigenvalue weighted by Gasteiger charge is 2.11. The number of amidine groups is 1. The number of hydrogen-bond acceptors (Lipinski definition) is 8. The fourth-order valence-corrected chi connectivity index (χ4v) is 2.08. The lowest BCUT2D eigenvalue weighted by atomic mass is 10.2. The Kier molecular flexibility index (Phi) is 5.07. The van der Waals surface area contributed by atoms with E-state index in [1.807, 2.05) is 31.2 Å². The molecule has 0 atom stereocenters. The van der Waals surface area contributed by atoms with Crippen LogP contribution in [-0.2, 0) is 0 Å². The Morgan fingerprint density at radius 2 is 2.12 bits per heavy atom. The molecule has 3 N–H and O–H groups in total. The van der Waals surface area contributed by atoms with E-state index in [1.165, 1.54) is 0 Å². The van der Waals surface area contributed by atoms with E-state index in [2.05, 4.69) is 38.7 Å². The maximum absolute atomic E-state index is 5.65. The molecule has 0 unspecified atom stereocenters. The van der Waals surface area contributed by atoms with E-state index in [0.29, 0.717) is 17.6 Å². The van der Waals surface area contributed by atoms with Gasteiger partial charge in [0.15, 0.2) is 5.84 Å². The van der Waals surface area contributed by atoms with Gasteiger partial charge in [-0.15, -0.1) is 10.6 Å². The minimum atomic E-state index is 0.419. The Morgan fingerprint density at radius 1 is 1.29 bits per heavy atom. The topological polar surface area (TPSA) is 96.6 Å². The lowest BCUT2D eigenvalue weighted by Crippen LogP contribution is -2.35. The molecule has 126 valence electrons. The number of unbranched alkanes of at least 4 members (excludes halogenated alkanes) is 1. The molecule has 1 aliphatic heterocycles. The van der Waals surface area contributed by atoms with Crippen molar-refractivity contribution in [3.8, 4) is 17.1 Å². The van der Waals surface area contributed by atoms with Crippen LogP contribution in [0.25, 0.3) is 17.5 Å². The third-order valence-electron chi connectivity index (χ3n) is 3.44. The predicted octanol–water partition coefficient (Wildman–Crippen LogP) is 2.24. The molecule has 3 rings (SSSR count). The molecule has 0 radical (unpaired) electrons. The van der Waals surface area contributed by atoms with Crippen LogP contribution in [0.5, 0.6) is 5.75 Å². The van der Waals surface area contributed by atoms with Gasteiger partial charge in [0.1, 0.15) is 5.75 Å². The van der Waals surface area contributed by atoms with Crippen molar-refractivity contribution in [3.05, 3.63) is 35.7 Å². The summed E-state index contributed by atoms with van der Waals surface area (Å²) in [4.78, 5) is 4.38. The van der Waals surface area contributed by atoms with Gasteiger partial charge in [-0.1, -0.05) is 18.5 Å². The van der Waals surface area contributed by atoms with Crippen LogP contribution in [0.3, 0.4) is 0 Å². The number of hydrogen-bond donors (Lipinski definition) is 3. The number of ether oxygens (including phenoxy) is 1. The normalized spacial score (nSPS) is 14.1. The molecule has 1 aromatic heterocycles. The first kappa shape index (κ1) is 16.0. The van der Waals surface area contributed by atoms with Gasteiger partial charge < -0.3 is 9.26 Å². The molecule has 0 bridgehead atoms. The molecule has 2 heterocycles. The van der Waals surface area contributed by atoms with Gasteiger partial charge >= 0.3 is 0 Å². The molecule has 24 heavy (non-hydrogen) atoms. The second-order valence-corrected chi connectivity index (χ2v) is 5.33. The van der Waals surface area contributed by atoms with Gasteiger partial charge in [0.05, 0.1) is 6.61 Å². The standard InChI is InChI=1S/C16H20N6O2/c1-3-4-9-23-13-7-5-12(6-8-13)16-17-14(24-20-16)10-11(2)15-18-21-22-19-15/h5-8,10,21-22H,3-4,9H2,1-2H3,(H,18,19)/b11-10+. The first-order valence-corrected chi connectivity index (χ1v) is 7.85. The van der Waals surface area contributed by atoms with Crippen molar-refractivity contribution in [1.29, 1.82) is 0 Å². The highest BCUT2D eigenvalue weighted by molar-refractivity contribution is 6.01. The number of hydrazone groups is 1. The summed E-state index contributed by atoms with van der Waals surface area (Å²) in [7, 11) is 0. The van der Waals surface area contributed by atoms with Gasteiger partial charge in [0.25, 0.3) is 5.89 Å². The summed E-state index contributed by atoms with van der Waals surface area (Å²) in [5.41, 5.74) is 9.87. The van der Waals surface area contributed by atoms with Gasteiger partial charge in [0.2, 0.25) is 5.82 Å². The Bertz CT molecular complexity index is 735. The van der Waals surface area contributed by atoms with Crippen molar-refractivity contribution >= 4 is 11.9 Å². The molecular weight excluding hydrogens is 308 g/mol. The van der Waals surface area contributed by atoms with E-state index >= 15 is 0 Å². The molecule has 8 nitrogen and oxygen atoms in total. The zero-order valence-corrected chi connectivity index (χ0v) is 13.7. The number of hydrazine groups is 2. The van der Waals surface area contributed by atoms with Crippen LogP contribution in [0.1, 0.15) is 32.6 Å². The van der Waals surface area contributed by atoms with Crippen LogP contribution in [0, 0.1) is 0 Å². The largest absolute Gasteiger partial charge is 0.494 e. The summed E-state index contributed by atoms with van der Waals surface area (Å²) >= 11 is 0. The minimum absolute atomic E-state index is 0.419. The predicted molar refractivity (Wildman–Crippen MR) is 90.6 cm³/mol. The first-order valence-electron chi connectivity index (χ1n) is 7.85. The summed E-state index contributed by atoms with van der Waals surface area (Å²) in [6.45, 7) is 4.76. The lowest BCUT2D eigenvalue weighted by molar-refractivity contribution is 0.309. The first-order chi connectivity index (χ1) is 11.8. The van der Waals surface area contributed by atoms with Gasteiger partial charge in [-0.2, -0.15) is 4.98 Å². The Balaban J connectivity index is 1.67. The fraction of sp³-hybridized carbons (Fsp3) is 0.312. The highest BCUT2D eigenvalue weighted by atomic mass is 16.5. The minimum Gasteiger partial charge on any atom is -0.494 e. The van der Waals surface area contributed by atoms with Crippen molar-refractivity contribution in [2.24, 2.45) is 5.10 Å². The van der Waals surface area contributed by atoms with Crippen molar-refractivity contribution in [1.82, 2.24) is 26.6 Å². The van der Waals surface area contributed by atoms with Crippen LogP contribution in [-0.4, -0.2) is 22.6 Å². The zero-order valence-electron chi connectivity index (χ0n) is 13.7. The number of nitrogens with zero attached hydrogens (tertiary/aromatic N) is 3. The van der Waals surface area contributed by atoms with E-state index in [0.717, 1.165) is 36.3 Å². The summed E-state index contributed by atoms with van der Waals surface area (Å²) in [6.07, 6.45) is 3.93. The molecule has 0 spiro atoms. The van der Waals surface area contributed by atoms with E-state index < -0.39 is 0 Å². The average molecular weight is 328 g/mol. The van der Waals surface area contributed by atoms with Gasteiger partial charge in [0, 0.05) is 17.2 Å². The summed E-state index contributed by atoms with van der Waals surface area (Å²) in [5, 5.41) is 8.02. The highest BCUT2D eigenvalue weighted by Crippen LogP contribution is 2.21. The molecule has 0 saturated heterocycles. The maximum atomic E-state index is 5.65. The second-order valence-electron chi connectivity index (χ2n) is 5.33. The van der Waals surface area contributed by atoms with Crippen LogP contribution < -0.4 is 21.2 Å². The van der Waals surface area contributed by atoms with Crippen molar-refractivity contribution in [2.75, 3.05) is 6.61 Å². The number of benzene rings is 1. The Hall–Kier alpha value is -2.87. The Morgan fingerprint density at radius 3 is 2.83 bits per heavy atom. The average Bonchev–Trinajstić information content (AvgIpc) is 3.27. The second kappa shape index (κ2) is 7.60. The van der Waals surface area contributed by atoms with Crippen LogP contribution in [0.15, 0.2) is 39.5 Å². The van der Waals surface area contributed by atoms with E-state index in [4.69, 9.17) is 9.26 Å². The number of aromatic nitrogens is 2. The van der Waals surface area contributed by atoms with Crippen molar-refractivity contribution < 1.29 is 9.26 Å². The molecule has 2 aromatic rings. The summed E-state index contributed by atoms with van der Waals surface area (Å²) in [6, 6.07) is 7.67. The molecule has 0 aliphatic carbocycles.